The highest BCUT2D eigenvalue weighted by molar-refractivity contribution is 9.10. The second kappa shape index (κ2) is 4.31. The van der Waals surface area contributed by atoms with Gasteiger partial charge in [0.2, 0.25) is 5.78 Å². The summed E-state index contributed by atoms with van der Waals surface area (Å²) in [6.07, 6.45) is 1.59. The smallest absolute Gasteiger partial charge is 0.229 e. The van der Waals surface area contributed by atoms with Crippen molar-refractivity contribution in [2.75, 3.05) is 0 Å². The van der Waals surface area contributed by atoms with Crippen LogP contribution in [0.1, 0.15) is 16.2 Å². The molecule has 0 atom stereocenters. The number of aromatic nitrogens is 2. The lowest BCUT2D eigenvalue weighted by molar-refractivity contribution is 0.102. The Balaban J connectivity index is 2.37. The van der Waals surface area contributed by atoms with Crippen LogP contribution in [0.4, 0.5) is 0 Å². The molecule has 15 heavy (non-hydrogen) atoms. The quantitative estimate of drug-likeness (QED) is 0.617. The van der Waals surface area contributed by atoms with Crippen LogP contribution in [0.15, 0.2) is 47.2 Å². The molecule has 0 aliphatic heterocycles. The van der Waals surface area contributed by atoms with Crippen molar-refractivity contribution in [3.63, 3.8) is 0 Å². The Morgan fingerprint density at radius 1 is 1.07 bits per heavy atom. The number of carbonyl (C=O) groups is 1. The fourth-order valence-corrected chi connectivity index (χ4v) is 1.51. The Morgan fingerprint density at radius 3 is 2.53 bits per heavy atom. The van der Waals surface area contributed by atoms with Crippen LogP contribution in [0.25, 0.3) is 0 Å². The van der Waals surface area contributed by atoms with Crippen LogP contribution in [0, 0.1) is 0 Å². The van der Waals surface area contributed by atoms with Crippen LogP contribution in [0.2, 0.25) is 0 Å². The van der Waals surface area contributed by atoms with E-state index in [1.165, 1.54) is 0 Å². The van der Waals surface area contributed by atoms with Gasteiger partial charge in [0.25, 0.3) is 0 Å². The first-order valence-corrected chi connectivity index (χ1v) is 5.15. The highest BCUT2D eigenvalue weighted by atomic mass is 79.9. The molecule has 0 amide bonds. The molecule has 0 spiro atoms. The zero-order valence-corrected chi connectivity index (χ0v) is 9.31. The fourth-order valence-electron chi connectivity index (χ4n) is 1.16. The third kappa shape index (κ3) is 2.27. The molecule has 0 saturated heterocycles. The van der Waals surface area contributed by atoms with Gasteiger partial charge in [-0.2, -0.15) is 0 Å². The molecule has 4 heteroatoms. The van der Waals surface area contributed by atoms with E-state index in [4.69, 9.17) is 0 Å². The largest absolute Gasteiger partial charge is 0.285 e. The van der Waals surface area contributed by atoms with Crippen molar-refractivity contribution in [2.45, 2.75) is 0 Å². The van der Waals surface area contributed by atoms with Gasteiger partial charge in [0, 0.05) is 6.20 Å². The van der Waals surface area contributed by atoms with E-state index in [1.807, 2.05) is 0 Å². The molecular weight excluding hydrogens is 256 g/mol. The molecule has 0 aromatic carbocycles. The summed E-state index contributed by atoms with van der Waals surface area (Å²) < 4.78 is 0.643. The number of hydrogen-bond donors (Lipinski definition) is 0. The normalized spacial score (nSPS) is 9.93. The molecule has 74 valence electrons. The summed E-state index contributed by atoms with van der Waals surface area (Å²) >= 11 is 3.22. The van der Waals surface area contributed by atoms with Crippen LogP contribution in [0.3, 0.4) is 0 Å². The van der Waals surface area contributed by atoms with Crippen molar-refractivity contribution in [1.82, 2.24) is 9.97 Å². The lowest BCUT2D eigenvalue weighted by Gasteiger charge is -1.99. The van der Waals surface area contributed by atoms with E-state index in [9.17, 15) is 4.79 Å². The maximum atomic E-state index is 11.9. The Morgan fingerprint density at radius 2 is 1.87 bits per heavy atom. The lowest BCUT2D eigenvalue weighted by Crippen LogP contribution is -2.05. The van der Waals surface area contributed by atoms with Crippen LogP contribution in [0.5, 0.6) is 0 Å². The highest BCUT2D eigenvalue weighted by Crippen LogP contribution is 2.09. The van der Waals surface area contributed by atoms with Crippen molar-refractivity contribution in [2.24, 2.45) is 0 Å². The monoisotopic (exact) mass is 262 g/mol. The zero-order valence-electron chi connectivity index (χ0n) is 7.72. The summed E-state index contributed by atoms with van der Waals surface area (Å²) in [6.45, 7) is 0. The summed E-state index contributed by atoms with van der Waals surface area (Å²) in [5.74, 6) is -0.170. The number of hydrogen-bond acceptors (Lipinski definition) is 3. The number of nitrogens with zero attached hydrogens (tertiary/aromatic N) is 2. The topological polar surface area (TPSA) is 42.9 Å². The summed E-state index contributed by atoms with van der Waals surface area (Å²) in [5.41, 5.74) is 0.797. The van der Waals surface area contributed by atoms with Gasteiger partial charge in [-0.15, -0.1) is 0 Å². The molecule has 0 unspecified atom stereocenters. The van der Waals surface area contributed by atoms with Crippen LogP contribution in [-0.4, -0.2) is 15.8 Å². The first kappa shape index (κ1) is 9.98. The summed E-state index contributed by atoms with van der Waals surface area (Å²) in [5, 5.41) is 0. The number of halogens is 1. The van der Waals surface area contributed by atoms with Crippen molar-refractivity contribution >= 4 is 21.7 Å². The van der Waals surface area contributed by atoms with Crippen molar-refractivity contribution in [3.8, 4) is 0 Å². The minimum Gasteiger partial charge on any atom is -0.285 e. The van der Waals surface area contributed by atoms with Gasteiger partial charge in [0.1, 0.15) is 16.0 Å². The minimum absolute atomic E-state index is 0.170. The zero-order chi connectivity index (χ0) is 10.7. The summed E-state index contributed by atoms with van der Waals surface area (Å²) in [4.78, 5) is 19.9. The number of carbonyl (C=O) groups excluding carboxylic acids is 1. The van der Waals surface area contributed by atoms with E-state index < -0.39 is 0 Å². The number of rotatable bonds is 2. The molecule has 2 heterocycles. The second-order valence-corrected chi connectivity index (χ2v) is 3.70. The Bertz CT molecular complexity index is 485. The first-order valence-electron chi connectivity index (χ1n) is 4.35. The number of ketones is 1. The van der Waals surface area contributed by atoms with Crippen LogP contribution >= 0.6 is 15.9 Å². The van der Waals surface area contributed by atoms with Gasteiger partial charge in [-0.25, -0.2) is 4.98 Å². The van der Waals surface area contributed by atoms with Gasteiger partial charge in [-0.3, -0.25) is 9.78 Å². The third-order valence-electron chi connectivity index (χ3n) is 1.85. The molecule has 3 nitrogen and oxygen atoms in total. The Kier molecular flexibility index (Phi) is 2.87. The third-order valence-corrected chi connectivity index (χ3v) is 2.29. The first-order chi connectivity index (χ1) is 7.27. The fraction of sp³-hybridized carbons (Fsp3) is 0. The lowest BCUT2D eigenvalue weighted by atomic mass is 10.2. The molecule has 2 aromatic rings. The van der Waals surface area contributed by atoms with Gasteiger partial charge < -0.3 is 0 Å². The predicted octanol–water partition coefficient (Wildman–Crippen LogP) is 2.47. The molecule has 0 N–H and O–H groups in total. The summed E-state index contributed by atoms with van der Waals surface area (Å²) in [6, 6.07) is 10.4. The molecular formula is C11H7BrN2O. The van der Waals surface area contributed by atoms with Gasteiger partial charge in [0.05, 0.1) is 0 Å². The minimum atomic E-state index is -0.170. The molecule has 2 rings (SSSR count). The standard InChI is InChI=1S/C11H7BrN2O/c12-10-6-3-5-9(14-10)11(15)8-4-1-2-7-13-8/h1-7H. The number of pyridine rings is 2. The van der Waals surface area contributed by atoms with Gasteiger partial charge in [0.15, 0.2) is 0 Å². The van der Waals surface area contributed by atoms with Crippen LogP contribution in [-0.2, 0) is 0 Å². The van der Waals surface area contributed by atoms with Gasteiger partial charge >= 0.3 is 0 Å². The molecule has 0 aliphatic carbocycles. The molecule has 0 aliphatic rings. The van der Waals surface area contributed by atoms with E-state index in [-0.39, 0.29) is 5.78 Å². The molecule has 2 aromatic heterocycles. The van der Waals surface area contributed by atoms with Crippen molar-refractivity contribution < 1.29 is 4.79 Å². The predicted molar refractivity (Wildman–Crippen MR) is 59.6 cm³/mol. The molecule has 0 saturated carbocycles. The van der Waals surface area contributed by atoms with E-state index in [2.05, 4.69) is 25.9 Å². The Labute approximate surface area is 95.3 Å². The van der Waals surface area contributed by atoms with E-state index in [0.29, 0.717) is 16.0 Å². The van der Waals surface area contributed by atoms with E-state index >= 15 is 0 Å². The second-order valence-electron chi connectivity index (χ2n) is 2.89. The van der Waals surface area contributed by atoms with E-state index in [1.54, 1.807) is 42.6 Å². The maximum absolute atomic E-state index is 11.9. The SMILES string of the molecule is O=C(c1ccccn1)c1cccc(Br)n1. The average Bonchev–Trinajstić information content (AvgIpc) is 2.29. The summed E-state index contributed by atoms with van der Waals surface area (Å²) in [7, 11) is 0. The van der Waals surface area contributed by atoms with Gasteiger partial charge in [-0.1, -0.05) is 12.1 Å². The maximum Gasteiger partial charge on any atom is 0.229 e. The van der Waals surface area contributed by atoms with Gasteiger partial charge in [-0.05, 0) is 40.2 Å². The molecule has 0 radical (unpaired) electrons. The Hall–Kier alpha value is -1.55. The molecule has 0 fully saturated rings. The average molecular weight is 263 g/mol. The van der Waals surface area contributed by atoms with Crippen LogP contribution < -0.4 is 0 Å². The van der Waals surface area contributed by atoms with Crippen molar-refractivity contribution in [1.29, 1.82) is 0 Å². The molecule has 0 bridgehead atoms. The van der Waals surface area contributed by atoms with E-state index in [0.717, 1.165) is 0 Å². The van der Waals surface area contributed by atoms with Crippen molar-refractivity contribution in [3.05, 3.63) is 58.6 Å². The highest BCUT2D eigenvalue weighted by Gasteiger charge is 2.10.